The van der Waals surface area contributed by atoms with Crippen molar-refractivity contribution in [3.8, 4) is 5.69 Å². The van der Waals surface area contributed by atoms with Gasteiger partial charge in [0.25, 0.3) is 5.91 Å². The summed E-state index contributed by atoms with van der Waals surface area (Å²) >= 11 is 1.59. The molecule has 0 aliphatic heterocycles. The number of amides is 1. The van der Waals surface area contributed by atoms with Gasteiger partial charge in [-0.3, -0.25) is 14.0 Å². The lowest BCUT2D eigenvalue weighted by atomic mass is 10.0. The number of aromatic nitrogens is 4. The van der Waals surface area contributed by atoms with Gasteiger partial charge in [-0.15, -0.1) is 0 Å². The minimum absolute atomic E-state index is 0.100. The third-order valence-electron chi connectivity index (χ3n) is 4.54. The molecule has 6 nitrogen and oxygen atoms in total. The van der Waals surface area contributed by atoms with Gasteiger partial charge in [0, 0.05) is 43.8 Å². The van der Waals surface area contributed by atoms with Gasteiger partial charge in [0.05, 0.1) is 11.9 Å². The molecule has 0 unspecified atom stereocenters. The van der Waals surface area contributed by atoms with Gasteiger partial charge in [0.15, 0.2) is 5.16 Å². The van der Waals surface area contributed by atoms with Crippen molar-refractivity contribution in [1.29, 1.82) is 0 Å². The Kier molecular flexibility index (Phi) is 6.36. The summed E-state index contributed by atoms with van der Waals surface area (Å²) in [6.07, 6.45) is 3.52. The summed E-state index contributed by atoms with van der Waals surface area (Å²) in [6.45, 7) is 8.83. The molecule has 0 bridgehead atoms. The number of halogens is 1. The average Bonchev–Trinajstić information content (AvgIpc) is 3.22. The minimum Gasteiger partial charge on any atom is -0.336 e. The van der Waals surface area contributed by atoms with Gasteiger partial charge in [0.1, 0.15) is 11.5 Å². The molecule has 3 aromatic rings. The van der Waals surface area contributed by atoms with Crippen LogP contribution in [0.3, 0.4) is 0 Å². The van der Waals surface area contributed by atoms with Crippen LogP contribution in [0, 0.1) is 18.2 Å². The van der Waals surface area contributed by atoms with Crippen molar-refractivity contribution in [2.45, 2.75) is 39.4 Å². The van der Waals surface area contributed by atoms with Gasteiger partial charge in [-0.1, -0.05) is 32.5 Å². The van der Waals surface area contributed by atoms with Crippen LogP contribution in [0.2, 0.25) is 0 Å². The van der Waals surface area contributed by atoms with Crippen LogP contribution in [0.15, 0.2) is 41.8 Å². The molecule has 2 aromatic heterocycles. The Morgan fingerprint density at radius 1 is 1.23 bits per heavy atom. The predicted octanol–water partition coefficient (Wildman–Crippen LogP) is 4.46. The Hall–Kier alpha value is -2.61. The first-order valence-electron chi connectivity index (χ1n) is 9.76. The van der Waals surface area contributed by atoms with Crippen LogP contribution < -0.4 is 0 Å². The molecule has 1 amide bonds. The number of carbonyl (C=O) groups excluding carboxylic acids is 1. The quantitative estimate of drug-likeness (QED) is 0.543. The van der Waals surface area contributed by atoms with Gasteiger partial charge in [-0.2, -0.15) is 5.10 Å². The van der Waals surface area contributed by atoms with E-state index in [1.165, 1.54) is 12.1 Å². The third-order valence-corrected chi connectivity index (χ3v) is 6.09. The minimum atomic E-state index is -0.320. The largest absolute Gasteiger partial charge is 0.336 e. The number of hydrogen-bond donors (Lipinski definition) is 0. The van der Waals surface area contributed by atoms with E-state index >= 15 is 0 Å². The molecule has 0 atom stereocenters. The highest BCUT2D eigenvalue weighted by Crippen LogP contribution is 2.29. The zero-order chi connectivity index (χ0) is 22.1. The fourth-order valence-electron chi connectivity index (χ4n) is 3.04. The second-order valence-corrected chi connectivity index (χ2v) is 9.60. The van der Waals surface area contributed by atoms with Crippen molar-refractivity contribution >= 4 is 17.7 Å². The highest BCUT2D eigenvalue weighted by atomic mass is 32.2. The van der Waals surface area contributed by atoms with Crippen molar-refractivity contribution in [3.63, 3.8) is 0 Å². The third kappa shape index (κ3) is 5.11. The maximum absolute atomic E-state index is 13.5. The first-order chi connectivity index (χ1) is 14.0. The Morgan fingerprint density at radius 3 is 2.47 bits per heavy atom. The summed E-state index contributed by atoms with van der Waals surface area (Å²) in [5, 5.41) is 5.06. The molecule has 0 saturated heterocycles. The van der Waals surface area contributed by atoms with Crippen LogP contribution in [0.4, 0.5) is 4.39 Å². The van der Waals surface area contributed by atoms with E-state index < -0.39 is 0 Å². The number of aryl methyl sites for hydroxylation is 2. The van der Waals surface area contributed by atoms with Crippen molar-refractivity contribution < 1.29 is 9.18 Å². The molecule has 0 saturated carbocycles. The van der Waals surface area contributed by atoms with Gasteiger partial charge in [-0.05, 0) is 36.6 Å². The van der Waals surface area contributed by atoms with Gasteiger partial charge >= 0.3 is 0 Å². The van der Waals surface area contributed by atoms with Crippen LogP contribution in [0.5, 0.6) is 0 Å². The fraction of sp³-hybridized carbons (Fsp3) is 0.409. The lowest BCUT2D eigenvalue weighted by molar-refractivity contribution is 0.0776. The molecular weight excluding hydrogens is 401 g/mol. The number of imidazole rings is 1. The average molecular weight is 430 g/mol. The molecule has 0 spiro atoms. The second-order valence-electron chi connectivity index (χ2n) is 8.66. The van der Waals surface area contributed by atoms with E-state index in [1.807, 2.05) is 24.7 Å². The number of rotatable bonds is 6. The molecule has 0 aliphatic carbocycles. The van der Waals surface area contributed by atoms with Crippen molar-refractivity contribution in [3.05, 3.63) is 59.4 Å². The van der Waals surface area contributed by atoms with Gasteiger partial charge in [-0.25, -0.2) is 9.37 Å². The van der Waals surface area contributed by atoms with E-state index in [-0.39, 0.29) is 17.1 Å². The van der Waals surface area contributed by atoms with E-state index in [0.717, 1.165) is 17.0 Å². The van der Waals surface area contributed by atoms with E-state index in [1.54, 1.807) is 46.7 Å². The van der Waals surface area contributed by atoms with Crippen LogP contribution in [-0.4, -0.2) is 42.9 Å². The molecule has 0 aliphatic rings. The number of benzene rings is 1. The van der Waals surface area contributed by atoms with Crippen LogP contribution in [0.1, 0.15) is 42.5 Å². The molecule has 0 N–H and O–H groups in total. The Morgan fingerprint density at radius 2 is 1.90 bits per heavy atom. The van der Waals surface area contributed by atoms with E-state index in [4.69, 9.17) is 0 Å². The Bertz CT molecular complexity index is 1030. The van der Waals surface area contributed by atoms with Gasteiger partial charge < -0.3 is 4.90 Å². The predicted molar refractivity (Wildman–Crippen MR) is 117 cm³/mol. The van der Waals surface area contributed by atoms with E-state index in [2.05, 4.69) is 30.9 Å². The number of hydrogen-bond acceptors (Lipinski definition) is 4. The summed E-state index contributed by atoms with van der Waals surface area (Å²) in [7, 11) is 3.62. The van der Waals surface area contributed by atoms with Gasteiger partial charge in [0.2, 0.25) is 0 Å². The molecule has 3 rings (SSSR count). The molecule has 160 valence electrons. The van der Waals surface area contributed by atoms with Crippen LogP contribution in [-0.2, 0) is 13.6 Å². The molecule has 8 heteroatoms. The summed E-state index contributed by atoms with van der Waals surface area (Å²) in [5.74, 6) is 0.362. The summed E-state index contributed by atoms with van der Waals surface area (Å²) in [5.41, 5.74) is 3.14. The molecule has 0 radical (unpaired) electrons. The Balaban J connectivity index is 1.94. The number of thioether (sulfide) groups is 1. The molecule has 2 heterocycles. The maximum Gasteiger partial charge on any atom is 0.272 e. The summed E-state index contributed by atoms with van der Waals surface area (Å²) in [4.78, 5) is 19.5. The lowest BCUT2D eigenvalue weighted by Gasteiger charge is -2.20. The maximum atomic E-state index is 13.5. The molecule has 30 heavy (non-hydrogen) atoms. The van der Waals surface area contributed by atoms with Crippen LogP contribution in [0.25, 0.3) is 5.69 Å². The first-order valence-corrected chi connectivity index (χ1v) is 10.7. The summed E-state index contributed by atoms with van der Waals surface area (Å²) in [6, 6.07) is 6.12. The Labute approximate surface area is 181 Å². The van der Waals surface area contributed by atoms with Crippen LogP contribution >= 0.6 is 11.8 Å². The molecular formula is C22H28FN5OS. The summed E-state index contributed by atoms with van der Waals surface area (Å²) < 4.78 is 17.0. The topological polar surface area (TPSA) is 56.0 Å². The first kappa shape index (κ1) is 22.1. The standard InChI is InChI=1S/C22H28FN5OS/c1-15-16(13-27(6)25-15)12-26(5)20(29)19-11-24-21(30-14-22(2,3)4)28(19)18-9-7-17(23)8-10-18/h7-11,13H,12,14H2,1-6H3. The van der Waals surface area contributed by atoms with E-state index in [9.17, 15) is 9.18 Å². The molecule has 1 aromatic carbocycles. The zero-order valence-electron chi connectivity index (χ0n) is 18.3. The second kappa shape index (κ2) is 8.63. The normalized spacial score (nSPS) is 11.7. The van der Waals surface area contributed by atoms with E-state index in [0.29, 0.717) is 23.1 Å². The monoisotopic (exact) mass is 429 g/mol. The van der Waals surface area contributed by atoms with Crippen molar-refractivity contribution in [1.82, 2.24) is 24.2 Å². The number of carbonyl (C=O) groups is 1. The zero-order valence-corrected chi connectivity index (χ0v) is 19.1. The fourth-order valence-corrected chi connectivity index (χ4v) is 4.06. The lowest BCUT2D eigenvalue weighted by Crippen LogP contribution is -2.28. The highest BCUT2D eigenvalue weighted by Gasteiger charge is 2.23. The SMILES string of the molecule is Cc1nn(C)cc1CN(C)C(=O)c1cnc(SCC(C)(C)C)n1-c1ccc(F)cc1. The number of nitrogens with zero attached hydrogens (tertiary/aromatic N) is 5. The smallest absolute Gasteiger partial charge is 0.272 e. The van der Waals surface area contributed by atoms with Crippen molar-refractivity contribution in [2.24, 2.45) is 12.5 Å². The highest BCUT2D eigenvalue weighted by molar-refractivity contribution is 7.99. The molecule has 0 fully saturated rings. The van der Waals surface area contributed by atoms with Crippen molar-refractivity contribution in [2.75, 3.05) is 12.8 Å².